The molecule has 0 aliphatic rings. The van der Waals surface area contributed by atoms with E-state index in [-0.39, 0.29) is 0 Å². The Labute approximate surface area is 114 Å². The predicted molar refractivity (Wildman–Crippen MR) is 73.9 cm³/mol. The van der Waals surface area contributed by atoms with Crippen molar-refractivity contribution in [2.45, 2.75) is 20.0 Å². The fraction of sp³-hybridized carbons (Fsp3) is 0.571. The fourth-order valence-electron chi connectivity index (χ4n) is 1.80. The van der Waals surface area contributed by atoms with E-state index in [1.54, 1.807) is 33.5 Å². The summed E-state index contributed by atoms with van der Waals surface area (Å²) in [5, 5.41) is 10.5. The van der Waals surface area contributed by atoms with Crippen molar-refractivity contribution in [3.63, 3.8) is 0 Å². The van der Waals surface area contributed by atoms with Crippen LogP contribution in [0.4, 0.5) is 0 Å². The van der Waals surface area contributed by atoms with E-state index in [0.717, 1.165) is 0 Å². The second kappa shape index (κ2) is 6.12. The van der Waals surface area contributed by atoms with Crippen LogP contribution in [0.3, 0.4) is 0 Å². The van der Waals surface area contributed by atoms with Gasteiger partial charge >= 0.3 is 0 Å². The number of aliphatic hydroxyl groups is 1. The monoisotopic (exact) mass is 269 g/mol. The van der Waals surface area contributed by atoms with Crippen LogP contribution in [0.1, 0.15) is 25.5 Å². The predicted octanol–water partition coefficient (Wildman–Crippen LogP) is 1.73. The van der Waals surface area contributed by atoms with Crippen LogP contribution in [-0.4, -0.2) is 33.0 Å². The smallest absolute Gasteiger partial charge is 0.164 e. The highest BCUT2D eigenvalue weighted by molar-refractivity contribution is 5.51. The Morgan fingerprint density at radius 2 is 1.53 bits per heavy atom. The second-order valence-electron chi connectivity index (χ2n) is 5.04. The van der Waals surface area contributed by atoms with Crippen molar-refractivity contribution >= 4 is 0 Å². The zero-order valence-electron chi connectivity index (χ0n) is 12.2. The lowest BCUT2D eigenvalue weighted by atomic mass is 9.82. The average Bonchev–Trinajstić information content (AvgIpc) is 2.44. The normalized spacial score (nSPS) is 13.0. The number of benzene rings is 1. The highest BCUT2D eigenvalue weighted by atomic mass is 16.5. The van der Waals surface area contributed by atoms with Gasteiger partial charge in [0.1, 0.15) is 5.75 Å². The summed E-state index contributed by atoms with van der Waals surface area (Å²) in [6, 6.07) is 3.42. The zero-order chi connectivity index (χ0) is 14.6. The van der Waals surface area contributed by atoms with Crippen molar-refractivity contribution in [3.05, 3.63) is 17.7 Å². The van der Waals surface area contributed by atoms with Crippen LogP contribution in [-0.2, 0) is 0 Å². The molecule has 0 radical (unpaired) electrons. The molecule has 1 atom stereocenters. The van der Waals surface area contributed by atoms with Gasteiger partial charge in [0.15, 0.2) is 11.5 Å². The van der Waals surface area contributed by atoms with Gasteiger partial charge in [-0.2, -0.15) is 0 Å². The summed E-state index contributed by atoms with van der Waals surface area (Å²) in [4.78, 5) is 0. The number of nitrogens with two attached hydrogens (primary N) is 1. The summed E-state index contributed by atoms with van der Waals surface area (Å²) in [5.41, 5.74) is 5.88. The molecule has 5 heteroatoms. The Kier molecular flexibility index (Phi) is 5.03. The fourth-order valence-corrected chi connectivity index (χ4v) is 1.80. The first-order valence-corrected chi connectivity index (χ1v) is 6.09. The molecular weight excluding hydrogens is 246 g/mol. The van der Waals surface area contributed by atoms with E-state index in [1.807, 2.05) is 13.8 Å². The molecule has 1 unspecified atom stereocenters. The highest BCUT2D eigenvalue weighted by Crippen LogP contribution is 2.42. The standard InChI is InChI=1S/C14H23NO4/c1-14(2,8-15)13(16)9-6-11(18-4)12(19-5)7-10(9)17-3/h6-7,13,16H,8,15H2,1-5H3. The summed E-state index contributed by atoms with van der Waals surface area (Å²) in [6.07, 6.45) is -0.757. The molecule has 0 bridgehead atoms. The van der Waals surface area contributed by atoms with E-state index in [9.17, 15) is 5.11 Å². The third-order valence-corrected chi connectivity index (χ3v) is 3.30. The minimum atomic E-state index is -0.757. The Hall–Kier alpha value is -1.46. The molecule has 0 fully saturated rings. The van der Waals surface area contributed by atoms with Crippen LogP contribution in [0, 0.1) is 5.41 Å². The first kappa shape index (κ1) is 15.6. The Morgan fingerprint density at radius 3 is 1.95 bits per heavy atom. The van der Waals surface area contributed by atoms with E-state index in [4.69, 9.17) is 19.9 Å². The minimum Gasteiger partial charge on any atom is -0.496 e. The maximum atomic E-state index is 10.5. The molecule has 0 saturated carbocycles. The maximum absolute atomic E-state index is 10.5. The van der Waals surface area contributed by atoms with Crippen molar-refractivity contribution in [1.82, 2.24) is 0 Å². The molecule has 0 heterocycles. The van der Waals surface area contributed by atoms with Crippen molar-refractivity contribution in [3.8, 4) is 17.2 Å². The lowest BCUT2D eigenvalue weighted by Crippen LogP contribution is -2.31. The van der Waals surface area contributed by atoms with E-state index in [2.05, 4.69) is 0 Å². The van der Waals surface area contributed by atoms with Gasteiger partial charge in [-0.1, -0.05) is 13.8 Å². The molecule has 1 aromatic rings. The number of ether oxygens (including phenoxy) is 3. The molecule has 0 saturated heterocycles. The van der Waals surface area contributed by atoms with Crippen molar-refractivity contribution in [1.29, 1.82) is 0 Å². The van der Waals surface area contributed by atoms with Crippen LogP contribution in [0.25, 0.3) is 0 Å². The maximum Gasteiger partial charge on any atom is 0.164 e. The van der Waals surface area contributed by atoms with Crippen LogP contribution in [0.5, 0.6) is 17.2 Å². The Balaban J connectivity index is 3.33. The van der Waals surface area contributed by atoms with E-state index in [0.29, 0.717) is 29.4 Å². The van der Waals surface area contributed by atoms with E-state index < -0.39 is 11.5 Å². The topological polar surface area (TPSA) is 73.9 Å². The third-order valence-electron chi connectivity index (χ3n) is 3.30. The van der Waals surface area contributed by atoms with Gasteiger partial charge in [0.25, 0.3) is 0 Å². The molecule has 0 aromatic heterocycles. The lowest BCUT2D eigenvalue weighted by Gasteiger charge is -2.30. The molecular formula is C14H23NO4. The number of hydrogen-bond donors (Lipinski definition) is 2. The number of hydrogen-bond acceptors (Lipinski definition) is 5. The minimum absolute atomic E-state index is 0.353. The van der Waals surface area contributed by atoms with E-state index in [1.165, 1.54) is 0 Å². The number of methoxy groups -OCH3 is 3. The van der Waals surface area contributed by atoms with Crippen LogP contribution < -0.4 is 19.9 Å². The number of rotatable bonds is 6. The molecule has 0 amide bonds. The van der Waals surface area contributed by atoms with Crippen LogP contribution in [0.2, 0.25) is 0 Å². The summed E-state index contributed by atoms with van der Waals surface area (Å²) in [6.45, 7) is 4.15. The van der Waals surface area contributed by atoms with Crippen molar-refractivity contribution < 1.29 is 19.3 Å². The van der Waals surface area contributed by atoms with Crippen molar-refractivity contribution in [2.75, 3.05) is 27.9 Å². The molecule has 1 rings (SSSR count). The largest absolute Gasteiger partial charge is 0.496 e. The third kappa shape index (κ3) is 3.11. The average molecular weight is 269 g/mol. The first-order valence-electron chi connectivity index (χ1n) is 6.09. The van der Waals surface area contributed by atoms with Gasteiger partial charge in [-0.15, -0.1) is 0 Å². The summed E-state index contributed by atoms with van der Waals surface area (Å²) >= 11 is 0. The Morgan fingerprint density at radius 1 is 1.05 bits per heavy atom. The zero-order valence-corrected chi connectivity index (χ0v) is 12.2. The summed E-state index contributed by atoms with van der Waals surface area (Å²) in [7, 11) is 4.65. The second-order valence-corrected chi connectivity index (χ2v) is 5.04. The van der Waals surface area contributed by atoms with Gasteiger partial charge in [0, 0.05) is 23.6 Å². The molecule has 19 heavy (non-hydrogen) atoms. The van der Waals surface area contributed by atoms with E-state index >= 15 is 0 Å². The Bertz CT molecular complexity index is 432. The first-order chi connectivity index (χ1) is 8.91. The van der Waals surface area contributed by atoms with Crippen LogP contribution >= 0.6 is 0 Å². The van der Waals surface area contributed by atoms with Gasteiger partial charge in [-0.05, 0) is 6.07 Å². The molecule has 0 aliphatic carbocycles. The molecule has 0 aliphatic heterocycles. The molecule has 3 N–H and O–H groups in total. The quantitative estimate of drug-likeness (QED) is 0.822. The SMILES string of the molecule is COc1cc(OC)c(C(O)C(C)(C)CN)cc1OC. The van der Waals surface area contributed by atoms with Gasteiger partial charge in [0.05, 0.1) is 27.4 Å². The summed E-state index contributed by atoms with van der Waals surface area (Å²) < 4.78 is 15.8. The van der Waals surface area contributed by atoms with Gasteiger partial charge in [-0.3, -0.25) is 0 Å². The highest BCUT2D eigenvalue weighted by Gasteiger charge is 2.31. The van der Waals surface area contributed by atoms with Gasteiger partial charge in [0.2, 0.25) is 0 Å². The lowest BCUT2D eigenvalue weighted by molar-refractivity contribution is 0.0531. The van der Waals surface area contributed by atoms with Crippen molar-refractivity contribution in [2.24, 2.45) is 11.1 Å². The molecule has 1 aromatic carbocycles. The molecule has 108 valence electrons. The summed E-state index contributed by atoms with van der Waals surface area (Å²) in [5.74, 6) is 1.65. The number of aliphatic hydroxyl groups excluding tert-OH is 1. The van der Waals surface area contributed by atoms with Gasteiger partial charge in [-0.25, -0.2) is 0 Å². The molecule has 0 spiro atoms. The van der Waals surface area contributed by atoms with Crippen LogP contribution in [0.15, 0.2) is 12.1 Å². The molecule has 5 nitrogen and oxygen atoms in total. The van der Waals surface area contributed by atoms with Gasteiger partial charge < -0.3 is 25.1 Å².